The van der Waals surface area contributed by atoms with Crippen LogP contribution in [-0.2, 0) is 4.74 Å². The summed E-state index contributed by atoms with van der Waals surface area (Å²) >= 11 is 0. The second-order valence-corrected chi connectivity index (χ2v) is 5.73. The normalized spacial score (nSPS) is 20.5. The summed E-state index contributed by atoms with van der Waals surface area (Å²) in [6.45, 7) is 5.36. The van der Waals surface area contributed by atoms with Crippen molar-refractivity contribution in [1.29, 1.82) is 0 Å². The molecule has 0 saturated carbocycles. The number of rotatable bonds is 0. The molecule has 1 atom stereocenters. The van der Waals surface area contributed by atoms with Crippen LogP contribution in [0, 0.1) is 0 Å². The number of fused-ring (bicyclic) bond motifs is 5. The number of amides is 1. The molecule has 102 valence electrons. The Morgan fingerprint density at radius 3 is 2.84 bits per heavy atom. The lowest BCUT2D eigenvalue weighted by atomic mass is 10.2. The van der Waals surface area contributed by atoms with E-state index in [1.165, 1.54) is 9.47 Å². The smallest absolute Gasteiger partial charge is 0.415 e. The Labute approximate surface area is 109 Å². The molecule has 1 amide bonds. The predicted molar refractivity (Wildman–Crippen MR) is 66.4 cm³/mol. The van der Waals surface area contributed by atoms with Crippen LogP contribution in [0.1, 0.15) is 38.9 Å². The molecule has 7 nitrogen and oxygen atoms in total. The first-order valence-electron chi connectivity index (χ1n) is 6.04. The molecule has 1 aromatic rings. The predicted octanol–water partition coefficient (Wildman–Crippen LogP) is 1.38. The van der Waals surface area contributed by atoms with Crippen molar-refractivity contribution in [3.8, 4) is 5.88 Å². The number of hydrogen-bond acceptors (Lipinski definition) is 4. The minimum Gasteiger partial charge on any atom is -0.493 e. The molecule has 0 fully saturated rings. The number of carbonyl (C=O) groups is 1. The fraction of sp³-hybridized carbons (Fsp3) is 0.500. The quantitative estimate of drug-likeness (QED) is 0.741. The highest BCUT2D eigenvalue weighted by Crippen LogP contribution is 2.46. The minimum atomic E-state index is -0.586. The zero-order valence-electron chi connectivity index (χ0n) is 10.9. The van der Waals surface area contributed by atoms with Crippen LogP contribution in [0.25, 0.3) is 5.70 Å². The van der Waals surface area contributed by atoms with E-state index in [4.69, 9.17) is 4.74 Å². The van der Waals surface area contributed by atoms with Crippen molar-refractivity contribution < 1.29 is 14.6 Å². The van der Waals surface area contributed by atoms with E-state index in [1.807, 2.05) is 0 Å². The highest BCUT2D eigenvalue weighted by Gasteiger charge is 2.44. The molecule has 2 aliphatic heterocycles. The van der Waals surface area contributed by atoms with Crippen molar-refractivity contribution in [3.05, 3.63) is 22.4 Å². The molecule has 3 rings (SSSR count). The van der Waals surface area contributed by atoms with E-state index in [-0.39, 0.29) is 17.6 Å². The third-order valence-corrected chi connectivity index (χ3v) is 3.15. The fourth-order valence-electron chi connectivity index (χ4n) is 2.50. The average molecular weight is 265 g/mol. The van der Waals surface area contributed by atoms with Crippen LogP contribution in [0.2, 0.25) is 0 Å². The maximum Gasteiger partial charge on any atom is 0.415 e. The largest absolute Gasteiger partial charge is 0.493 e. The van der Waals surface area contributed by atoms with Crippen LogP contribution in [-0.4, -0.2) is 31.3 Å². The third-order valence-electron chi connectivity index (χ3n) is 3.15. The Balaban J connectivity index is 1.94. The zero-order valence-corrected chi connectivity index (χ0v) is 10.9. The molecule has 0 spiro atoms. The number of aromatic hydroxyl groups is 1. The van der Waals surface area contributed by atoms with Crippen LogP contribution in [0.3, 0.4) is 0 Å². The lowest BCUT2D eigenvalue weighted by molar-refractivity contribution is 0.0282. The number of nitrogens with zero attached hydrogens (tertiary/aromatic N) is 2. The number of hydrogen-bond donors (Lipinski definition) is 2. The van der Waals surface area contributed by atoms with E-state index in [0.29, 0.717) is 17.8 Å². The fourth-order valence-corrected chi connectivity index (χ4v) is 2.50. The van der Waals surface area contributed by atoms with Crippen molar-refractivity contribution in [1.82, 2.24) is 14.5 Å². The van der Waals surface area contributed by atoms with Gasteiger partial charge in [0.15, 0.2) is 0 Å². The average Bonchev–Trinajstić information content (AvgIpc) is 2.88. The van der Waals surface area contributed by atoms with Crippen molar-refractivity contribution in [2.45, 2.75) is 38.8 Å². The van der Waals surface area contributed by atoms with E-state index < -0.39 is 11.7 Å². The molecule has 7 heteroatoms. The van der Waals surface area contributed by atoms with Crippen molar-refractivity contribution >= 4 is 11.8 Å². The van der Waals surface area contributed by atoms with E-state index in [9.17, 15) is 14.7 Å². The zero-order chi connectivity index (χ0) is 13.9. The highest BCUT2D eigenvalue weighted by molar-refractivity contribution is 5.76. The van der Waals surface area contributed by atoms with Crippen LogP contribution in [0.15, 0.2) is 11.0 Å². The number of aromatic amines is 1. The number of carbonyl (C=O) groups excluding carboxylic acids is 1. The van der Waals surface area contributed by atoms with Gasteiger partial charge in [-0.25, -0.2) is 9.59 Å². The van der Waals surface area contributed by atoms with Gasteiger partial charge in [0, 0.05) is 18.3 Å². The summed E-state index contributed by atoms with van der Waals surface area (Å²) in [7, 11) is 0. The maximum absolute atomic E-state index is 12.1. The Kier molecular flexibility index (Phi) is 2.15. The van der Waals surface area contributed by atoms with Crippen molar-refractivity contribution in [2.24, 2.45) is 0 Å². The second kappa shape index (κ2) is 3.43. The monoisotopic (exact) mass is 265 g/mol. The molecule has 2 aliphatic rings. The van der Waals surface area contributed by atoms with Gasteiger partial charge in [-0.1, -0.05) is 0 Å². The van der Waals surface area contributed by atoms with Gasteiger partial charge >= 0.3 is 11.8 Å². The molecule has 0 radical (unpaired) electrons. The number of nitrogens with one attached hydrogen (secondary N) is 1. The molecule has 0 saturated heterocycles. The van der Waals surface area contributed by atoms with Gasteiger partial charge in [-0.2, -0.15) is 0 Å². The SMILES string of the molecule is CC(C)(C)OC(=O)N1C=C2CC1c1c(O)[nH]c(=O)n12. The molecular formula is C12H15N3O4. The number of aromatic nitrogens is 2. The minimum absolute atomic E-state index is 0.188. The van der Waals surface area contributed by atoms with Crippen molar-refractivity contribution in [2.75, 3.05) is 0 Å². The first-order chi connectivity index (χ1) is 8.78. The molecule has 2 N–H and O–H groups in total. The summed E-state index contributed by atoms with van der Waals surface area (Å²) in [6.07, 6.45) is 1.64. The molecule has 19 heavy (non-hydrogen) atoms. The van der Waals surface area contributed by atoms with Gasteiger partial charge in [0.1, 0.15) is 11.3 Å². The van der Waals surface area contributed by atoms with Gasteiger partial charge in [0.05, 0.1) is 6.04 Å². The summed E-state index contributed by atoms with van der Waals surface area (Å²) in [5.74, 6) is -0.188. The van der Waals surface area contributed by atoms with E-state index in [0.717, 1.165) is 0 Å². The van der Waals surface area contributed by atoms with Gasteiger partial charge in [-0.15, -0.1) is 0 Å². The van der Waals surface area contributed by atoms with Crippen LogP contribution >= 0.6 is 0 Å². The van der Waals surface area contributed by atoms with Gasteiger partial charge in [-0.3, -0.25) is 14.5 Å². The Morgan fingerprint density at radius 2 is 2.21 bits per heavy atom. The first-order valence-corrected chi connectivity index (χ1v) is 6.04. The summed E-state index contributed by atoms with van der Waals surface area (Å²) < 4.78 is 6.70. The lowest BCUT2D eigenvalue weighted by Crippen LogP contribution is -2.35. The lowest BCUT2D eigenvalue weighted by Gasteiger charge is -2.27. The van der Waals surface area contributed by atoms with Crippen LogP contribution in [0.5, 0.6) is 5.88 Å². The second-order valence-electron chi connectivity index (χ2n) is 5.73. The van der Waals surface area contributed by atoms with Gasteiger partial charge in [-0.05, 0) is 20.8 Å². The summed E-state index contributed by atoms with van der Waals surface area (Å²) in [4.78, 5) is 27.4. The molecule has 2 bridgehead atoms. The number of H-pyrrole nitrogens is 1. The molecular weight excluding hydrogens is 250 g/mol. The molecule has 1 aromatic heterocycles. The highest BCUT2D eigenvalue weighted by atomic mass is 16.6. The summed E-state index contributed by atoms with van der Waals surface area (Å²) in [5, 5.41) is 9.72. The van der Waals surface area contributed by atoms with Crippen molar-refractivity contribution in [3.63, 3.8) is 0 Å². The first kappa shape index (κ1) is 11.9. The standard InChI is InChI=1S/C12H15N3O4/c1-12(2,3)19-11(18)14-5-6-4-7(14)8-9(16)13-10(17)15(6)8/h5,7,16H,4H2,1-3H3,(H,13,17). The van der Waals surface area contributed by atoms with E-state index in [1.54, 1.807) is 27.0 Å². The van der Waals surface area contributed by atoms with Gasteiger partial charge < -0.3 is 9.84 Å². The van der Waals surface area contributed by atoms with E-state index >= 15 is 0 Å². The van der Waals surface area contributed by atoms with Gasteiger partial charge in [0.2, 0.25) is 5.88 Å². The van der Waals surface area contributed by atoms with E-state index in [2.05, 4.69) is 4.98 Å². The third kappa shape index (κ3) is 1.65. The van der Waals surface area contributed by atoms with Gasteiger partial charge in [0.25, 0.3) is 0 Å². The maximum atomic E-state index is 12.1. The molecule has 0 aliphatic carbocycles. The van der Waals surface area contributed by atoms with Crippen LogP contribution < -0.4 is 5.69 Å². The number of ether oxygens (including phenoxy) is 1. The molecule has 0 aromatic carbocycles. The topological polar surface area (TPSA) is 87.6 Å². The Morgan fingerprint density at radius 1 is 1.53 bits per heavy atom. The molecule has 3 heterocycles. The number of imidazole rings is 1. The summed E-state index contributed by atoms with van der Waals surface area (Å²) in [6, 6.07) is -0.371. The Bertz CT molecular complexity index is 647. The Hall–Kier alpha value is -2.18. The van der Waals surface area contributed by atoms with Crippen LogP contribution in [0.4, 0.5) is 4.79 Å². The molecule has 1 unspecified atom stereocenters. The summed E-state index contributed by atoms with van der Waals surface area (Å²) in [5.41, 5.74) is 0.142.